The molecule has 0 aliphatic carbocycles. The summed E-state index contributed by atoms with van der Waals surface area (Å²) in [5.74, 6) is -14.0. The molecule has 224 valence electrons. The van der Waals surface area contributed by atoms with E-state index in [1.54, 1.807) is 0 Å². The Kier molecular flexibility index (Phi) is 9.11. The number of hydrogen-bond acceptors (Lipinski definition) is 3. The number of aliphatic hydroxyl groups is 1. The number of alkyl halides is 10. The minimum absolute atomic E-state index is 0.0382. The minimum atomic E-state index is -6.60. The van der Waals surface area contributed by atoms with Gasteiger partial charge in [0.15, 0.2) is 6.10 Å². The largest absolute Gasteiger partial charge is 0.489 e. The zero-order chi connectivity index (χ0) is 30.8. The first kappa shape index (κ1) is 31.9. The Bertz CT molecular complexity index is 1320. The van der Waals surface area contributed by atoms with Crippen LogP contribution >= 0.6 is 0 Å². The summed E-state index contributed by atoms with van der Waals surface area (Å²) in [5, 5.41) is 9.64. The highest BCUT2D eigenvalue weighted by Gasteiger charge is 2.73. The van der Waals surface area contributed by atoms with Crippen molar-refractivity contribution in [1.82, 2.24) is 0 Å². The number of hydrogen-bond donors (Lipinski definition) is 1. The maximum Gasteiger partial charge on any atom is 0.460 e. The third-order valence-electron chi connectivity index (χ3n) is 5.70. The first-order chi connectivity index (χ1) is 18.8. The van der Waals surface area contributed by atoms with Gasteiger partial charge in [0, 0.05) is 29.9 Å². The molecule has 0 bridgehead atoms. The molecule has 0 amide bonds. The summed E-state index contributed by atoms with van der Waals surface area (Å²) in [6.45, 7) is -2.34. The Morgan fingerprint density at radius 2 is 1.34 bits per heavy atom. The van der Waals surface area contributed by atoms with Crippen molar-refractivity contribution in [2.75, 3.05) is 11.4 Å². The van der Waals surface area contributed by atoms with Gasteiger partial charge in [-0.05, 0) is 41.5 Å². The van der Waals surface area contributed by atoms with Crippen molar-refractivity contribution < 1.29 is 62.5 Å². The normalized spacial score (nSPS) is 13.7. The van der Waals surface area contributed by atoms with Crippen LogP contribution in [0, 0.1) is 11.6 Å². The van der Waals surface area contributed by atoms with E-state index < -0.39 is 66.2 Å². The van der Waals surface area contributed by atoms with Crippen LogP contribution in [0.1, 0.15) is 16.7 Å². The summed E-state index contributed by atoms with van der Waals surface area (Å²) >= 11 is 0. The number of anilines is 1. The molecule has 0 aromatic heterocycles. The lowest BCUT2D eigenvalue weighted by atomic mass is 9.99. The van der Waals surface area contributed by atoms with Gasteiger partial charge in [-0.25, -0.2) is 8.78 Å². The van der Waals surface area contributed by atoms with Gasteiger partial charge in [-0.2, -0.15) is 43.9 Å². The lowest BCUT2D eigenvalue weighted by Gasteiger charge is -2.30. The monoisotopic (exact) mass is 605 g/mol. The molecule has 0 saturated carbocycles. The fraction of sp³-hybridized carbons (Fsp3) is 0.308. The zero-order valence-corrected chi connectivity index (χ0v) is 20.4. The lowest BCUT2D eigenvalue weighted by molar-refractivity contribution is -0.359. The molecule has 0 aliphatic rings. The molecule has 1 N–H and O–H groups in total. The molecule has 0 saturated heterocycles. The van der Waals surface area contributed by atoms with Gasteiger partial charge in [-0.1, -0.05) is 24.3 Å². The van der Waals surface area contributed by atoms with Crippen molar-refractivity contribution in [3.8, 4) is 5.75 Å². The van der Waals surface area contributed by atoms with Gasteiger partial charge in [0.25, 0.3) is 0 Å². The van der Waals surface area contributed by atoms with E-state index in [0.717, 1.165) is 35.2 Å². The Balaban J connectivity index is 1.92. The van der Waals surface area contributed by atoms with Crippen molar-refractivity contribution in [2.24, 2.45) is 0 Å². The second-order valence-corrected chi connectivity index (χ2v) is 8.85. The van der Waals surface area contributed by atoms with Crippen LogP contribution in [0.5, 0.6) is 5.75 Å². The van der Waals surface area contributed by atoms with Crippen LogP contribution in [0.15, 0.2) is 66.7 Å². The van der Waals surface area contributed by atoms with Crippen molar-refractivity contribution in [2.45, 2.75) is 43.5 Å². The van der Waals surface area contributed by atoms with E-state index in [1.807, 2.05) is 0 Å². The number of ether oxygens (including phenoxy) is 1. The molecule has 15 heteroatoms. The fourth-order valence-corrected chi connectivity index (χ4v) is 3.65. The molecule has 0 fully saturated rings. The van der Waals surface area contributed by atoms with Crippen LogP contribution < -0.4 is 9.64 Å². The predicted molar refractivity (Wildman–Crippen MR) is 122 cm³/mol. The maximum absolute atomic E-state index is 14.2. The van der Waals surface area contributed by atoms with E-state index in [2.05, 4.69) is 0 Å². The van der Waals surface area contributed by atoms with Gasteiger partial charge in [-0.15, -0.1) is 0 Å². The van der Waals surface area contributed by atoms with Gasteiger partial charge in [-0.3, -0.25) is 0 Å². The Labute approximate surface area is 224 Å². The summed E-state index contributed by atoms with van der Waals surface area (Å²) in [6, 6.07) is 9.79. The summed E-state index contributed by atoms with van der Waals surface area (Å²) in [6.07, 6.45) is -14.7. The summed E-state index contributed by atoms with van der Waals surface area (Å²) in [5.41, 5.74) is -2.19. The number of rotatable bonds is 10. The molecule has 3 aromatic carbocycles. The van der Waals surface area contributed by atoms with Crippen molar-refractivity contribution >= 4 is 5.69 Å². The molecule has 0 aliphatic heterocycles. The third kappa shape index (κ3) is 7.57. The van der Waals surface area contributed by atoms with Crippen LogP contribution in [0.4, 0.5) is 58.4 Å². The van der Waals surface area contributed by atoms with Gasteiger partial charge in [0.1, 0.15) is 24.0 Å². The minimum Gasteiger partial charge on any atom is -0.489 e. The highest BCUT2D eigenvalue weighted by Crippen LogP contribution is 2.51. The molecular formula is C26H19F12NO2. The van der Waals surface area contributed by atoms with E-state index in [1.165, 1.54) is 18.2 Å². The number of aliphatic hydroxyl groups excluding tert-OH is 1. The van der Waals surface area contributed by atoms with E-state index in [4.69, 9.17) is 4.74 Å². The quantitative estimate of drug-likeness (QED) is 0.240. The van der Waals surface area contributed by atoms with Crippen LogP contribution in [0.2, 0.25) is 0 Å². The van der Waals surface area contributed by atoms with E-state index in [0.29, 0.717) is 12.1 Å². The molecule has 3 nitrogen and oxygen atoms in total. The highest BCUT2D eigenvalue weighted by molar-refractivity contribution is 5.51. The molecule has 0 unspecified atom stereocenters. The highest BCUT2D eigenvalue weighted by atomic mass is 19.4. The van der Waals surface area contributed by atoms with Gasteiger partial charge >= 0.3 is 24.2 Å². The lowest BCUT2D eigenvalue weighted by Crippen LogP contribution is -2.50. The van der Waals surface area contributed by atoms with Gasteiger partial charge in [0.05, 0.1) is 6.54 Å². The number of nitrogens with zero attached hydrogens (tertiary/aromatic N) is 1. The molecule has 3 rings (SSSR count). The van der Waals surface area contributed by atoms with Crippen LogP contribution in [0.25, 0.3) is 0 Å². The number of halogens is 12. The average molecular weight is 605 g/mol. The van der Waals surface area contributed by atoms with Gasteiger partial charge < -0.3 is 14.7 Å². The molecule has 41 heavy (non-hydrogen) atoms. The van der Waals surface area contributed by atoms with Crippen molar-refractivity contribution in [3.63, 3.8) is 0 Å². The molecule has 3 aromatic rings. The van der Waals surface area contributed by atoms with E-state index >= 15 is 0 Å². The van der Waals surface area contributed by atoms with E-state index in [-0.39, 0.29) is 29.7 Å². The predicted octanol–water partition coefficient (Wildman–Crippen LogP) is 7.76. The smallest absolute Gasteiger partial charge is 0.460 e. The second-order valence-electron chi connectivity index (χ2n) is 8.85. The maximum atomic E-state index is 14.2. The van der Waals surface area contributed by atoms with Crippen molar-refractivity contribution in [3.05, 3.63) is 95.1 Å². The summed E-state index contributed by atoms with van der Waals surface area (Å²) < 4.78 is 165. The average Bonchev–Trinajstić information content (AvgIpc) is 2.85. The van der Waals surface area contributed by atoms with Crippen molar-refractivity contribution in [1.29, 1.82) is 0 Å². The Morgan fingerprint density at radius 1 is 0.732 bits per heavy atom. The molecule has 0 spiro atoms. The number of benzene rings is 3. The van der Waals surface area contributed by atoms with Gasteiger partial charge in [0.2, 0.25) is 0 Å². The van der Waals surface area contributed by atoms with E-state index in [9.17, 15) is 57.8 Å². The first-order valence-electron chi connectivity index (χ1n) is 11.4. The summed E-state index contributed by atoms with van der Waals surface area (Å²) in [7, 11) is 0. The van der Waals surface area contributed by atoms with Crippen LogP contribution in [-0.2, 0) is 19.1 Å². The molecule has 0 radical (unpaired) electrons. The summed E-state index contributed by atoms with van der Waals surface area (Å²) in [4.78, 5) is 0.798. The SMILES string of the molecule is O[C@H](CN(Cc1cccc(C(F)(F)C(F)(F)C(F)(F)F)c1)c1cccc(OCc2cc(F)cc(F)c2)c1)C(F)(F)F. The van der Waals surface area contributed by atoms with Crippen LogP contribution in [0.3, 0.4) is 0 Å². The zero-order valence-electron chi connectivity index (χ0n) is 20.4. The Hall–Kier alpha value is -3.62. The fourth-order valence-electron chi connectivity index (χ4n) is 3.65. The standard InChI is InChI=1S/C26H19F12NO2/c27-18-8-16(9-19(28)10-18)14-41-21-6-2-5-20(11-21)39(13-22(40)24(31,32)33)12-15-3-1-4-17(7-15)23(29,30)25(34,35)26(36,37)38/h1-11,22,40H,12-14H2/t22-/m1/s1. The third-order valence-corrected chi connectivity index (χ3v) is 5.70. The topological polar surface area (TPSA) is 32.7 Å². The van der Waals surface area contributed by atoms with Crippen LogP contribution in [-0.4, -0.2) is 36.0 Å². The molecule has 1 atom stereocenters. The Morgan fingerprint density at radius 3 is 1.93 bits per heavy atom. The molecule has 0 heterocycles. The molecular weight excluding hydrogens is 586 g/mol. The second kappa shape index (κ2) is 11.7. The first-order valence-corrected chi connectivity index (χ1v) is 11.4.